The molecule has 0 saturated heterocycles. The molecule has 2 aromatic carbocycles. The van der Waals surface area contributed by atoms with E-state index in [0.29, 0.717) is 10.6 Å². The van der Waals surface area contributed by atoms with E-state index in [1.54, 1.807) is 18.0 Å². The first-order valence-corrected chi connectivity index (χ1v) is 7.55. The fourth-order valence-corrected chi connectivity index (χ4v) is 2.58. The number of carbonyl (C=O) groups is 1. The number of amides is 1. The van der Waals surface area contributed by atoms with E-state index in [0.717, 1.165) is 5.56 Å². The molecule has 0 saturated carbocycles. The first-order chi connectivity index (χ1) is 9.90. The Morgan fingerprint density at radius 3 is 2.62 bits per heavy atom. The Morgan fingerprint density at radius 1 is 1.29 bits per heavy atom. The van der Waals surface area contributed by atoms with Crippen LogP contribution in [0.15, 0.2) is 46.9 Å². The van der Waals surface area contributed by atoms with E-state index >= 15 is 0 Å². The molecule has 1 amide bonds. The smallest absolute Gasteiger partial charge is 0.254 e. The number of hydrogen-bond donors (Lipinski definition) is 0. The van der Waals surface area contributed by atoms with Crippen molar-refractivity contribution in [3.8, 4) is 0 Å². The van der Waals surface area contributed by atoms with Crippen LogP contribution in [-0.2, 0) is 0 Å². The summed E-state index contributed by atoms with van der Waals surface area (Å²) in [5.41, 5.74) is 1.37. The normalized spacial score (nSPS) is 12.0. The maximum atomic E-state index is 13.2. The van der Waals surface area contributed by atoms with Crippen LogP contribution in [0.2, 0.25) is 5.02 Å². The van der Waals surface area contributed by atoms with Gasteiger partial charge in [-0.05, 0) is 58.7 Å². The van der Waals surface area contributed by atoms with Crippen LogP contribution in [0.3, 0.4) is 0 Å². The molecule has 1 atom stereocenters. The van der Waals surface area contributed by atoms with Crippen molar-refractivity contribution >= 4 is 33.4 Å². The maximum Gasteiger partial charge on any atom is 0.254 e. The molecule has 0 radical (unpaired) electrons. The van der Waals surface area contributed by atoms with Crippen molar-refractivity contribution in [2.24, 2.45) is 0 Å². The fraction of sp³-hybridized carbons (Fsp3) is 0.188. The largest absolute Gasteiger partial charge is 0.335 e. The zero-order chi connectivity index (χ0) is 15.6. The summed E-state index contributed by atoms with van der Waals surface area (Å²) in [6, 6.07) is 11.5. The minimum Gasteiger partial charge on any atom is -0.335 e. The summed E-state index contributed by atoms with van der Waals surface area (Å²) >= 11 is 9.07. The fourth-order valence-electron chi connectivity index (χ4n) is 2.00. The third-order valence-electron chi connectivity index (χ3n) is 3.40. The molecule has 0 spiro atoms. The zero-order valence-corrected chi connectivity index (χ0v) is 14.0. The van der Waals surface area contributed by atoms with Crippen LogP contribution in [0, 0.1) is 5.82 Å². The van der Waals surface area contributed by atoms with Crippen molar-refractivity contribution in [3.05, 3.63) is 68.9 Å². The highest BCUT2D eigenvalue weighted by molar-refractivity contribution is 9.10. The molecule has 2 nitrogen and oxygen atoms in total. The summed E-state index contributed by atoms with van der Waals surface area (Å²) in [7, 11) is 1.71. The number of nitrogens with zero attached hydrogens (tertiary/aromatic N) is 1. The standard InChI is InChI=1S/C16H14BrClFNO/c1-10(11-4-3-5-13(18)8-11)20(2)16(21)12-6-7-15(19)14(17)9-12/h3-10H,1-2H3. The molecular formula is C16H14BrClFNO. The summed E-state index contributed by atoms with van der Waals surface area (Å²) in [6.07, 6.45) is 0. The summed E-state index contributed by atoms with van der Waals surface area (Å²) in [5.74, 6) is -0.569. The van der Waals surface area contributed by atoms with Gasteiger partial charge in [-0.3, -0.25) is 4.79 Å². The number of rotatable bonds is 3. The molecule has 0 aromatic heterocycles. The third-order valence-corrected chi connectivity index (χ3v) is 4.24. The summed E-state index contributed by atoms with van der Waals surface area (Å²) in [4.78, 5) is 14.1. The van der Waals surface area contributed by atoms with E-state index in [-0.39, 0.29) is 16.4 Å². The van der Waals surface area contributed by atoms with E-state index in [4.69, 9.17) is 11.6 Å². The summed E-state index contributed by atoms with van der Waals surface area (Å²) < 4.78 is 13.5. The SMILES string of the molecule is CC(c1cccc(Cl)c1)N(C)C(=O)c1ccc(F)c(Br)c1. The first kappa shape index (κ1) is 16.0. The number of halogens is 3. The van der Waals surface area contributed by atoms with Gasteiger partial charge in [-0.15, -0.1) is 0 Å². The molecule has 2 aromatic rings. The van der Waals surface area contributed by atoms with E-state index in [2.05, 4.69) is 15.9 Å². The van der Waals surface area contributed by atoms with Gasteiger partial charge >= 0.3 is 0 Å². The first-order valence-electron chi connectivity index (χ1n) is 6.38. The van der Waals surface area contributed by atoms with Crippen molar-refractivity contribution in [3.63, 3.8) is 0 Å². The second-order valence-corrected chi connectivity index (χ2v) is 6.07. The summed E-state index contributed by atoms with van der Waals surface area (Å²) in [6.45, 7) is 1.92. The van der Waals surface area contributed by atoms with Gasteiger partial charge in [0, 0.05) is 17.6 Å². The Kier molecular flexibility index (Phi) is 5.01. The molecule has 0 heterocycles. The Balaban J connectivity index is 2.24. The Bertz CT molecular complexity index is 677. The van der Waals surface area contributed by atoms with Crippen molar-refractivity contribution in [2.45, 2.75) is 13.0 Å². The molecule has 0 aliphatic heterocycles. The predicted octanol–water partition coefficient (Wildman–Crippen LogP) is 5.07. The van der Waals surface area contributed by atoms with Gasteiger partial charge in [0.15, 0.2) is 0 Å². The predicted molar refractivity (Wildman–Crippen MR) is 86.1 cm³/mol. The second kappa shape index (κ2) is 6.58. The Labute approximate surface area is 136 Å². The number of hydrogen-bond acceptors (Lipinski definition) is 1. The molecule has 5 heteroatoms. The molecule has 110 valence electrons. The van der Waals surface area contributed by atoms with Gasteiger partial charge in [-0.25, -0.2) is 4.39 Å². The molecular weight excluding hydrogens is 357 g/mol. The monoisotopic (exact) mass is 369 g/mol. The van der Waals surface area contributed by atoms with Crippen LogP contribution >= 0.6 is 27.5 Å². The van der Waals surface area contributed by atoms with Gasteiger partial charge in [0.05, 0.1) is 10.5 Å². The molecule has 0 bridgehead atoms. The van der Waals surface area contributed by atoms with E-state index in [1.807, 2.05) is 25.1 Å². The number of carbonyl (C=O) groups excluding carboxylic acids is 1. The van der Waals surface area contributed by atoms with Crippen molar-refractivity contribution in [1.29, 1.82) is 0 Å². The van der Waals surface area contributed by atoms with Gasteiger partial charge in [0.2, 0.25) is 0 Å². The van der Waals surface area contributed by atoms with E-state index in [9.17, 15) is 9.18 Å². The van der Waals surface area contributed by atoms with Crippen LogP contribution in [0.4, 0.5) is 4.39 Å². The highest BCUT2D eigenvalue weighted by atomic mass is 79.9. The quantitative estimate of drug-likeness (QED) is 0.738. The molecule has 0 aliphatic carbocycles. The van der Waals surface area contributed by atoms with Crippen LogP contribution in [0.5, 0.6) is 0 Å². The lowest BCUT2D eigenvalue weighted by Crippen LogP contribution is -2.29. The lowest BCUT2D eigenvalue weighted by atomic mass is 10.1. The molecule has 2 rings (SSSR count). The average molecular weight is 371 g/mol. The Hall–Kier alpha value is -1.39. The van der Waals surface area contributed by atoms with Crippen LogP contribution in [0.1, 0.15) is 28.9 Å². The van der Waals surface area contributed by atoms with Crippen LogP contribution in [-0.4, -0.2) is 17.9 Å². The minimum absolute atomic E-state index is 0.139. The van der Waals surface area contributed by atoms with Gasteiger partial charge in [0.25, 0.3) is 5.91 Å². The minimum atomic E-state index is -0.392. The molecule has 21 heavy (non-hydrogen) atoms. The van der Waals surface area contributed by atoms with Gasteiger partial charge < -0.3 is 4.90 Å². The van der Waals surface area contributed by atoms with Crippen LogP contribution in [0.25, 0.3) is 0 Å². The highest BCUT2D eigenvalue weighted by Crippen LogP contribution is 2.24. The van der Waals surface area contributed by atoms with Gasteiger partial charge in [-0.2, -0.15) is 0 Å². The zero-order valence-electron chi connectivity index (χ0n) is 11.6. The van der Waals surface area contributed by atoms with E-state index in [1.165, 1.54) is 18.2 Å². The second-order valence-electron chi connectivity index (χ2n) is 4.78. The van der Waals surface area contributed by atoms with Crippen molar-refractivity contribution < 1.29 is 9.18 Å². The Morgan fingerprint density at radius 2 is 2.00 bits per heavy atom. The maximum absolute atomic E-state index is 13.2. The third kappa shape index (κ3) is 3.63. The van der Waals surface area contributed by atoms with Crippen molar-refractivity contribution in [1.82, 2.24) is 4.90 Å². The lowest BCUT2D eigenvalue weighted by Gasteiger charge is -2.25. The average Bonchev–Trinajstić information content (AvgIpc) is 2.47. The molecule has 0 fully saturated rings. The van der Waals surface area contributed by atoms with Crippen LogP contribution < -0.4 is 0 Å². The van der Waals surface area contributed by atoms with E-state index < -0.39 is 5.82 Å². The van der Waals surface area contributed by atoms with Crippen molar-refractivity contribution in [2.75, 3.05) is 7.05 Å². The molecule has 0 N–H and O–H groups in total. The summed E-state index contributed by atoms with van der Waals surface area (Å²) in [5, 5.41) is 0.629. The molecule has 0 aliphatic rings. The number of benzene rings is 2. The molecule has 1 unspecified atom stereocenters. The lowest BCUT2D eigenvalue weighted by molar-refractivity contribution is 0.0742. The van der Waals surface area contributed by atoms with Gasteiger partial charge in [-0.1, -0.05) is 23.7 Å². The highest BCUT2D eigenvalue weighted by Gasteiger charge is 2.19. The topological polar surface area (TPSA) is 20.3 Å². The van der Waals surface area contributed by atoms with Gasteiger partial charge in [0.1, 0.15) is 5.82 Å².